The topological polar surface area (TPSA) is 78.5 Å². The summed E-state index contributed by atoms with van der Waals surface area (Å²) in [7, 11) is -3.74. The van der Waals surface area contributed by atoms with Crippen molar-refractivity contribution in [2.45, 2.75) is 38.1 Å². The van der Waals surface area contributed by atoms with Gasteiger partial charge in [-0.15, -0.1) is 0 Å². The van der Waals surface area contributed by atoms with E-state index >= 15 is 0 Å². The van der Waals surface area contributed by atoms with Crippen LogP contribution >= 0.6 is 11.6 Å². The molecule has 0 radical (unpaired) electrons. The predicted molar refractivity (Wildman–Crippen MR) is 141 cm³/mol. The molecule has 1 fully saturated rings. The fraction of sp³-hybridized carbons (Fsp3) is 0.296. The summed E-state index contributed by atoms with van der Waals surface area (Å²) in [5, 5.41) is 3.67. The van der Waals surface area contributed by atoms with Crippen molar-refractivity contribution in [2.24, 2.45) is 5.92 Å². The van der Waals surface area contributed by atoms with Crippen molar-refractivity contribution in [3.05, 3.63) is 88.4 Å². The van der Waals surface area contributed by atoms with E-state index in [2.05, 4.69) is 21.0 Å². The van der Waals surface area contributed by atoms with Crippen molar-refractivity contribution in [3.63, 3.8) is 0 Å². The Morgan fingerprint density at radius 3 is 2.23 bits per heavy atom. The molecular formula is C27H30ClN3O3S. The number of hydrogen-bond donors (Lipinski definition) is 2. The molecule has 6 nitrogen and oxygen atoms in total. The third-order valence-electron chi connectivity index (χ3n) is 6.40. The molecule has 0 saturated carbocycles. The molecule has 0 unspecified atom stereocenters. The smallest absolute Gasteiger partial charge is 0.261 e. The molecule has 0 aliphatic carbocycles. The molecule has 1 aliphatic rings. The molecule has 8 heteroatoms. The molecule has 184 valence electrons. The molecule has 0 bridgehead atoms. The molecule has 2 N–H and O–H groups in total. The van der Waals surface area contributed by atoms with E-state index in [4.69, 9.17) is 11.6 Å². The molecule has 35 heavy (non-hydrogen) atoms. The van der Waals surface area contributed by atoms with E-state index in [1.807, 2.05) is 50.2 Å². The molecule has 0 spiro atoms. The van der Waals surface area contributed by atoms with Crippen LogP contribution in [0.5, 0.6) is 0 Å². The molecule has 1 saturated heterocycles. The molecule has 1 aliphatic heterocycles. The van der Waals surface area contributed by atoms with Crippen molar-refractivity contribution in [1.29, 1.82) is 0 Å². The highest BCUT2D eigenvalue weighted by molar-refractivity contribution is 7.92. The highest BCUT2D eigenvalue weighted by Gasteiger charge is 2.25. The zero-order chi connectivity index (χ0) is 25.0. The maximum atomic E-state index is 12.9. The van der Waals surface area contributed by atoms with Crippen LogP contribution in [-0.4, -0.2) is 32.3 Å². The Bertz CT molecular complexity index is 1280. The predicted octanol–water partition coefficient (Wildman–Crippen LogP) is 5.61. The average Bonchev–Trinajstić information content (AvgIpc) is 2.82. The Balaban J connectivity index is 1.32. The lowest BCUT2D eigenvalue weighted by Gasteiger charge is -2.31. The Morgan fingerprint density at radius 2 is 1.60 bits per heavy atom. The number of anilines is 2. The van der Waals surface area contributed by atoms with Gasteiger partial charge in [0.05, 0.1) is 10.6 Å². The highest BCUT2D eigenvalue weighted by Crippen LogP contribution is 2.25. The van der Waals surface area contributed by atoms with Gasteiger partial charge in [-0.2, -0.15) is 0 Å². The number of amides is 1. The van der Waals surface area contributed by atoms with Crippen LogP contribution in [0.1, 0.15) is 29.5 Å². The van der Waals surface area contributed by atoms with Gasteiger partial charge >= 0.3 is 0 Å². The van der Waals surface area contributed by atoms with Crippen molar-refractivity contribution < 1.29 is 13.2 Å². The number of para-hydroxylation sites is 1. The number of halogens is 1. The van der Waals surface area contributed by atoms with Crippen LogP contribution in [0.4, 0.5) is 11.4 Å². The molecule has 1 heterocycles. The SMILES string of the molecule is Cc1cccc(C)c1NS(=O)(=O)c1ccc(NC(=O)C2CCN(Cc3cccc(Cl)c3)CC2)cc1. The van der Waals surface area contributed by atoms with E-state index in [1.54, 1.807) is 12.1 Å². The third-order valence-corrected chi connectivity index (χ3v) is 8.00. The fourth-order valence-electron chi connectivity index (χ4n) is 4.38. The fourth-order valence-corrected chi connectivity index (χ4v) is 5.79. The quantitative estimate of drug-likeness (QED) is 0.432. The summed E-state index contributed by atoms with van der Waals surface area (Å²) in [5.74, 6) is -0.101. The highest BCUT2D eigenvalue weighted by atomic mass is 35.5. The number of nitrogens with zero attached hydrogens (tertiary/aromatic N) is 1. The van der Waals surface area contributed by atoms with E-state index in [9.17, 15) is 13.2 Å². The zero-order valence-electron chi connectivity index (χ0n) is 19.9. The number of nitrogens with one attached hydrogen (secondary N) is 2. The number of hydrogen-bond acceptors (Lipinski definition) is 4. The van der Waals surface area contributed by atoms with Crippen LogP contribution in [0.2, 0.25) is 5.02 Å². The first kappa shape index (κ1) is 25.2. The van der Waals surface area contributed by atoms with Gasteiger partial charge in [0, 0.05) is 23.2 Å². The zero-order valence-corrected chi connectivity index (χ0v) is 21.5. The molecule has 0 aromatic heterocycles. The van der Waals surface area contributed by atoms with Crippen molar-refractivity contribution in [2.75, 3.05) is 23.1 Å². The summed E-state index contributed by atoms with van der Waals surface area (Å²) in [6.07, 6.45) is 1.55. The molecular weight excluding hydrogens is 482 g/mol. The molecule has 3 aromatic rings. The van der Waals surface area contributed by atoms with Gasteiger partial charge in [0.15, 0.2) is 0 Å². The Hall–Kier alpha value is -2.87. The normalized spacial score (nSPS) is 15.1. The second-order valence-electron chi connectivity index (χ2n) is 9.07. The molecule has 3 aromatic carbocycles. The molecule has 0 atom stereocenters. The van der Waals surface area contributed by atoms with E-state index in [0.717, 1.165) is 48.6 Å². The molecule has 4 rings (SSSR count). The summed E-state index contributed by atoms with van der Waals surface area (Å²) in [4.78, 5) is 15.3. The largest absolute Gasteiger partial charge is 0.326 e. The van der Waals surface area contributed by atoms with Gasteiger partial charge in [-0.1, -0.05) is 41.9 Å². The minimum Gasteiger partial charge on any atom is -0.326 e. The number of aryl methyl sites for hydroxylation is 2. The van der Waals surface area contributed by atoms with Gasteiger partial charge in [-0.05, 0) is 92.9 Å². The van der Waals surface area contributed by atoms with Crippen LogP contribution in [0.15, 0.2) is 71.6 Å². The first-order valence-electron chi connectivity index (χ1n) is 11.7. The number of sulfonamides is 1. The lowest BCUT2D eigenvalue weighted by Crippen LogP contribution is -2.37. The van der Waals surface area contributed by atoms with Gasteiger partial charge in [-0.3, -0.25) is 14.4 Å². The van der Waals surface area contributed by atoms with E-state index in [1.165, 1.54) is 17.7 Å². The van der Waals surface area contributed by atoms with Gasteiger partial charge in [0.25, 0.3) is 10.0 Å². The van der Waals surface area contributed by atoms with E-state index < -0.39 is 10.0 Å². The van der Waals surface area contributed by atoms with Crippen LogP contribution in [0, 0.1) is 19.8 Å². The van der Waals surface area contributed by atoms with E-state index in [-0.39, 0.29) is 16.7 Å². The van der Waals surface area contributed by atoms with Crippen molar-refractivity contribution in [3.8, 4) is 0 Å². The first-order chi connectivity index (χ1) is 16.7. The Morgan fingerprint density at radius 1 is 0.971 bits per heavy atom. The number of rotatable bonds is 7. The van der Waals surface area contributed by atoms with E-state index in [0.29, 0.717) is 11.4 Å². The van der Waals surface area contributed by atoms with Gasteiger partial charge in [0.1, 0.15) is 0 Å². The number of carbonyl (C=O) groups excluding carboxylic acids is 1. The second-order valence-corrected chi connectivity index (χ2v) is 11.2. The number of piperidine rings is 1. The van der Waals surface area contributed by atoms with Crippen molar-refractivity contribution in [1.82, 2.24) is 4.90 Å². The van der Waals surface area contributed by atoms with Crippen LogP contribution in [0.25, 0.3) is 0 Å². The van der Waals surface area contributed by atoms with Crippen LogP contribution < -0.4 is 10.0 Å². The Labute approximate surface area is 212 Å². The lowest BCUT2D eigenvalue weighted by atomic mass is 9.95. The maximum absolute atomic E-state index is 12.9. The summed E-state index contributed by atoms with van der Waals surface area (Å²) in [5.41, 5.74) is 4.06. The number of benzene rings is 3. The summed E-state index contributed by atoms with van der Waals surface area (Å²) < 4.78 is 28.4. The van der Waals surface area contributed by atoms with Crippen LogP contribution in [0.3, 0.4) is 0 Å². The first-order valence-corrected chi connectivity index (χ1v) is 13.5. The van der Waals surface area contributed by atoms with Gasteiger partial charge in [-0.25, -0.2) is 8.42 Å². The third kappa shape index (κ3) is 6.42. The lowest BCUT2D eigenvalue weighted by molar-refractivity contribution is -0.121. The summed E-state index contributed by atoms with van der Waals surface area (Å²) in [6, 6.07) is 19.8. The van der Waals surface area contributed by atoms with Crippen molar-refractivity contribution >= 4 is 38.9 Å². The summed E-state index contributed by atoms with van der Waals surface area (Å²) in [6.45, 7) is 6.23. The Kier molecular flexibility index (Phi) is 7.79. The van der Waals surface area contributed by atoms with Gasteiger partial charge in [0.2, 0.25) is 5.91 Å². The number of likely N-dealkylation sites (tertiary alicyclic amines) is 1. The molecule has 1 amide bonds. The standard InChI is InChI=1S/C27H30ClN3O3S/c1-19-5-3-6-20(2)26(19)30-35(33,34)25-11-9-24(10-12-25)29-27(32)22-13-15-31(16-14-22)18-21-7-4-8-23(28)17-21/h3-12,17,22,30H,13-16,18H2,1-2H3,(H,29,32). The minimum atomic E-state index is -3.74. The number of carbonyl (C=O) groups is 1. The summed E-state index contributed by atoms with van der Waals surface area (Å²) >= 11 is 6.08. The maximum Gasteiger partial charge on any atom is 0.261 e. The monoisotopic (exact) mass is 511 g/mol. The van der Waals surface area contributed by atoms with Gasteiger partial charge < -0.3 is 5.32 Å². The average molecular weight is 512 g/mol. The second kappa shape index (κ2) is 10.8. The minimum absolute atomic E-state index is 0.0309. The van der Waals surface area contributed by atoms with Crippen LogP contribution in [-0.2, 0) is 21.4 Å².